The summed E-state index contributed by atoms with van der Waals surface area (Å²) < 4.78 is 0. The molecule has 0 aliphatic heterocycles. The Morgan fingerprint density at radius 2 is 1.86 bits per heavy atom. The van der Waals surface area contributed by atoms with Gasteiger partial charge in [-0.15, -0.1) is 0 Å². The number of carbonyl (C=O) groups is 2. The number of nitrogens with zero attached hydrogens (tertiary/aromatic N) is 1. The lowest BCUT2D eigenvalue weighted by molar-refractivity contribution is -0.146. The maximum Gasteiger partial charge on any atom is 0.323 e. The molecule has 0 spiro atoms. The number of rotatable bonds is 3. The number of likely N-dealkylation sites (N-methyl/N-ethyl adjacent to an activating group) is 1. The Bertz CT molecular complexity index is 216. The summed E-state index contributed by atoms with van der Waals surface area (Å²) in [4.78, 5) is 23.7. The minimum Gasteiger partial charge on any atom is -0.335 e. The maximum absolute atomic E-state index is 11.3. The van der Waals surface area contributed by atoms with Gasteiger partial charge in [-0.05, 0) is 19.3 Å². The molecule has 0 rings (SSSR count). The summed E-state index contributed by atoms with van der Waals surface area (Å²) in [7, 11) is 1.60. The standard InChI is InChI=1S/C9H19N3O2/c1-6(2)5-7(3)12(4)9(14)8(13)11-10/h6-7H,5,10H2,1-4H3,(H,11,13). The van der Waals surface area contributed by atoms with Gasteiger partial charge in [-0.3, -0.25) is 15.0 Å². The van der Waals surface area contributed by atoms with Crippen LogP contribution in [0.15, 0.2) is 0 Å². The van der Waals surface area contributed by atoms with Crippen molar-refractivity contribution in [3.8, 4) is 0 Å². The van der Waals surface area contributed by atoms with Crippen molar-refractivity contribution in [3.63, 3.8) is 0 Å². The molecule has 14 heavy (non-hydrogen) atoms. The van der Waals surface area contributed by atoms with E-state index in [1.54, 1.807) is 7.05 Å². The monoisotopic (exact) mass is 201 g/mol. The van der Waals surface area contributed by atoms with E-state index in [-0.39, 0.29) is 6.04 Å². The highest BCUT2D eigenvalue weighted by atomic mass is 16.2. The molecule has 2 amide bonds. The zero-order valence-corrected chi connectivity index (χ0v) is 9.20. The Hall–Kier alpha value is -1.10. The Kier molecular flexibility index (Phi) is 5.15. The van der Waals surface area contributed by atoms with Crippen LogP contribution in [0.1, 0.15) is 27.2 Å². The summed E-state index contributed by atoms with van der Waals surface area (Å²) in [5.74, 6) is 3.98. The van der Waals surface area contributed by atoms with Gasteiger partial charge in [0.05, 0.1) is 0 Å². The quantitative estimate of drug-likeness (QED) is 0.289. The number of hydrogen-bond donors (Lipinski definition) is 2. The SMILES string of the molecule is CC(C)CC(C)N(C)C(=O)C(=O)NN. The first-order valence-corrected chi connectivity index (χ1v) is 4.67. The molecule has 0 aliphatic rings. The van der Waals surface area contributed by atoms with Crippen molar-refractivity contribution in [2.24, 2.45) is 11.8 Å². The lowest BCUT2D eigenvalue weighted by Crippen LogP contribution is -2.47. The maximum atomic E-state index is 11.3. The molecule has 0 aromatic rings. The Balaban J connectivity index is 4.24. The zero-order chi connectivity index (χ0) is 11.3. The van der Waals surface area contributed by atoms with E-state index in [9.17, 15) is 9.59 Å². The van der Waals surface area contributed by atoms with Crippen molar-refractivity contribution >= 4 is 11.8 Å². The van der Waals surface area contributed by atoms with Crippen molar-refractivity contribution in [1.82, 2.24) is 10.3 Å². The molecule has 5 heteroatoms. The predicted molar refractivity (Wildman–Crippen MR) is 54.0 cm³/mol. The van der Waals surface area contributed by atoms with Crippen LogP contribution in [0, 0.1) is 5.92 Å². The number of hydrazine groups is 1. The van der Waals surface area contributed by atoms with E-state index >= 15 is 0 Å². The first-order valence-electron chi connectivity index (χ1n) is 4.67. The van der Waals surface area contributed by atoms with Gasteiger partial charge < -0.3 is 4.90 Å². The third-order valence-electron chi connectivity index (χ3n) is 2.12. The van der Waals surface area contributed by atoms with Crippen LogP contribution in [-0.4, -0.2) is 29.8 Å². The molecule has 1 atom stereocenters. The smallest absolute Gasteiger partial charge is 0.323 e. The third-order valence-corrected chi connectivity index (χ3v) is 2.12. The molecular weight excluding hydrogens is 182 g/mol. The molecule has 5 nitrogen and oxygen atoms in total. The summed E-state index contributed by atoms with van der Waals surface area (Å²) in [5, 5.41) is 0. The lowest BCUT2D eigenvalue weighted by Gasteiger charge is -2.25. The minimum absolute atomic E-state index is 0.0415. The van der Waals surface area contributed by atoms with Gasteiger partial charge in [0.25, 0.3) is 0 Å². The van der Waals surface area contributed by atoms with E-state index in [1.807, 2.05) is 12.3 Å². The van der Waals surface area contributed by atoms with Crippen LogP contribution >= 0.6 is 0 Å². The van der Waals surface area contributed by atoms with Gasteiger partial charge in [0.15, 0.2) is 0 Å². The highest BCUT2D eigenvalue weighted by Gasteiger charge is 2.22. The second-order valence-electron chi connectivity index (χ2n) is 3.87. The molecule has 0 saturated carbocycles. The van der Waals surface area contributed by atoms with Gasteiger partial charge in [-0.1, -0.05) is 13.8 Å². The van der Waals surface area contributed by atoms with E-state index in [2.05, 4.69) is 13.8 Å². The molecule has 0 radical (unpaired) electrons. The van der Waals surface area contributed by atoms with Gasteiger partial charge in [0, 0.05) is 13.1 Å². The normalized spacial score (nSPS) is 12.4. The average molecular weight is 201 g/mol. The van der Waals surface area contributed by atoms with Crippen LogP contribution in [-0.2, 0) is 9.59 Å². The van der Waals surface area contributed by atoms with Crippen molar-refractivity contribution in [1.29, 1.82) is 0 Å². The van der Waals surface area contributed by atoms with E-state index in [0.717, 1.165) is 6.42 Å². The molecule has 3 N–H and O–H groups in total. The summed E-state index contributed by atoms with van der Waals surface area (Å²) in [6.45, 7) is 6.04. The van der Waals surface area contributed by atoms with Gasteiger partial charge >= 0.3 is 11.8 Å². The van der Waals surface area contributed by atoms with Gasteiger partial charge in [0.1, 0.15) is 0 Å². The number of nitrogens with two attached hydrogens (primary N) is 1. The summed E-state index contributed by atoms with van der Waals surface area (Å²) in [5.41, 5.74) is 1.82. The predicted octanol–water partition coefficient (Wildman–Crippen LogP) is -0.131. The van der Waals surface area contributed by atoms with E-state index in [0.29, 0.717) is 5.92 Å². The van der Waals surface area contributed by atoms with Gasteiger partial charge in [0.2, 0.25) is 0 Å². The molecule has 82 valence electrons. The van der Waals surface area contributed by atoms with Gasteiger partial charge in [-0.25, -0.2) is 5.84 Å². The fourth-order valence-corrected chi connectivity index (χ4v) is 1.26. The fourth-order valence-electron chi connectivity index (χ4n) is 1.26. The molecule has 0 aromatic carbocycles. The van der Waals surface area contributed by atoms with Crippen molar-refractivity contribution in [2.75, 3.05) is 7.05 Å². The minimum atomic E-state index is -0.775. The van der Waals surface area contributed by atoms with Crippen LogP contribution in [0.3, 0.4) is 0 Å². The van der Waals surface area contributed by atoms with E-state index in [4.69, 9.17) is 5.84 Å². The number of nitrogens with one attached hydrogen (secondary N) is 1. The second-order valence-corrected chi connectivity index (χ2v) is 3.87. The molecule has 0 heterocycles. The highest BCUT2D eigenvalue weighted by Crippen LogP contribution is 2.09. The van der Waals surface area contributed by atoms with E-state index in [1.165, 1.54) is 4.90 Å². The molecule has 0 aromatic heterocycles. The fraction of sp³-hybridized carbons (Fsp3) is 0.778. The molecule has 0 fully saturated rings. The highest BCUT2D eigenvalue weighted by molar-refractivity contribution is 6.34. The Morgan fingerprint density at radius 1 is 1.36 bits per heavy atom. The summed E-state index contributed by atoms with van der Waals surface area (Å²) in [6.07, 6.45) is 0.861. The van der Waals surface area contributed by atoms with E-state index < -0.39 is 11.8 Å². The summed E-state index contributed by atoms with van der Waals surface area (Å²) >= 11 is 0. The molecule has 0 bridgehead atoms. The zero-order valence-electron chi connectivity index (χ0n) is 9.20. The molecule has 0 saturated heterocycles. The average Bonchev–Trinajstić information content (AvgIpc) is 2.13. The number of hydrogen-bond acceptors (Lipinski definition) is 3. The van der Waals surface area contributed by atoms with Crippen molar-refractivity contribution in [2.45, 2.75) is 33.2 Å². The first-order chi connectivity index (χ1) is 6.40. The summed E-state index contributed by atoms with van der Waals surface area (Å²) in [6, 6.07) is 0.0415. The molecule has 0 aliphatic carbocycles. The van der Waals surface area contributed by atoms with Gasteiger partial charge in [-0.2, -0.15) is 0 Å². The van der Waals surface area contributed by atoms with Crippen molar-refractivity contribution in [3.05, 3.63) is 0 Å². The second kappa shape index (κ2) is 5.59. The molecular formula is C9H19N3O2. The number of carbonyl (C=O) groups excluding carboxylic acids is 2. The Morgan fingerprint density at radius 3 is 2.21 bits per heavy atom. The largest absolute Gasteiger partial charge is 0.335 e. The lowest BCUT2D eigenvalue weighted by atomic mass is 10.0. The van der Waals surface area contributed by atoms with Crippen LogP contribution in [0.25, 0.3) is 0 Å². The van der Waals surface area contributed by atoms with Crippen molar-refractivity contribution < 1.29 is 9.59 Å². The third kappa shape index (κ3) is 3.74. The molecule has 1 unspecified atom stereocenters. The van der Waals surface area contributed by atoms with Crippen LogP contribution in [0.2, 0.25) is 0 Å². The number of amides is 2. The first kappa shape index (κ1) is 12.9. The van der Waals surface area contributed by atoms with Crippen LogP contribution in [0.5, 0.6) is 0 Å². The van der Waals surface area contributed by atoms with Crippen LogP contribution < -0.4 is 11.3 Å². The topological polar surface area (TPSA) is 75.4 Å². The Labute approximate surface area is 84.6 Å². The van der Waals surface area contributed by atoms with Crippen LogP contribution in [0.4, 0.5) is 0 Å².